The van der Waals surface area contributed by atoms with E-state index in [1.807, 2.05) is 6.26 Å². The Morgan fingerprint density at radius 1 is 1.53 bits per heavy atom. The lowest BCUT2D eigenvalue weighted by molar-refractivity contribution is -0.139. The number of nitrogens with two attached hydrogens (primary N) is 1. The Morgan fingerprint density at radius 2 is 2.21 bits per heavy atom. The molecule has 1 amide bonds. The number of rotatable bonds is 6. The zero-order valence-corrected chi connectivity index (χ0v) is 12.8. The summed E-state index contributed by atoms with van der Waals surface area (Å²) in [4.78, 5) is 23.0. The van der Waals surface area contributed by atoms with Crippen LogP contribution in [0.25, 0.3) is 0 Å². The Bertz CT molecular complexity index is 482. The lowest BCUT2D eigenvalue weighted by Crippen LogP contribution is -2.41. The van der Waals surface area contributed by atoms with Gasteiger partial charge in [-0.25, -0.2) is 4.79 Å². The normalized spacial score (nSPS) is 11.9. The number of thioether (sulfide) groups is 1. The number of amides is 1. The summed E-state index contributed by atoms with van der Waals surface area (Å²) in [5.41, 5.74) is 6.52. The first-order valence-electron chi connectivity index (χ1n) is 5.53. The molecule has 0 aliphatic carbocycles. The molecule has 0 saturated carbocycles. The molecule has 0 aliphatic rings. The van der Waals surface area contributed by atoms with Crippen molar-refractivity contribution in [2.45, 2.75) is 12.5 Å². The second kappa shape index (κ2) is 7.40. The smallest absolute Gasteiger partial charge is 0.326 e. The minimum atomic E-state index is -1.03. The number of carboxylic acid groups (broad SMARTS) is 1. The quantitative estimate of drug-likeness (QED) is 0.684. The van der Waals surface area contributed by atoms with Gasteiger partial charge in [-0.15, -0.1) is 0 Å². The van der Waals surface area contributed by atoms with E-state index in [-0.39, 0.29) is 0 Å². The van der Waals surface area contributed by atoms with E-state index in [1.54, 1.807) is 18.2 Å². The Kier molecular flexibility index (Phi) is 6.17. The van der Waals surface area contributed by atoms with E-state index in [9.17, 15) is 9.59 Å². The van der Waals surface area contributed by atoms with Gasteiger partial charge in [-0.1, -0.05) is 0 Å². The van der Waals surface area contributed by atoms with Crippen molar-refractivity contribution in [2.75, 3.05) is 17.7 Å². The third-order valence-corrected chi connectivity index (χ3v) is 3.81. The third-order valence-electron chi connectivity index (χ3n) is 2.48. The molecular weight excluding hydrogens is 332 g/mol. The Morgan fingerprint density at radius 3 is 2.74 bits per heavy atom. The van der Waals surface area contributed by atoms with Crippen molar-refractivity contribution in [1.29, 1.82) is 0 Å². The SMILES string of the molecule is CSCCC(NC(=O)c1ccc(N)c(Br)c1)C(=O)O. The molecule has 0 aromatic heterocycles. The lowest BCUT2D eigenvalue weighted by Gasteiger charge is -2.14. The molecule has 1 unspecified atom stereocenters. The molecule has 0 heterocycles. The van der Waals surface area contributed by atoms with Gasteiger partial charge in [0.2, 0.25) is 0 Å². The molecule has 1 rings (SSSR count). The summed E-state index contributed by atoms with van der Waals surface area (Å²) in [6.07, 6.45) is 2.27. The maximum absolute atomic E-state index is 11.9. The zero-order valence-electron chi connectivity index (χ0n) is 10.4. The molecule has 0 bridgehead atoms. The summed E-state index contributed by atoms with van der Waals surface area (Å²) in [5.74, 6) is -0.783. The van der Waals surface area contributed by atoms with Crippen molar-refractivity contribution in [3.63, 3.8) is 0 Å². The van der Waals surface area contributed by atoms with E-state index in [1.165, 1.54) is 11.8 Å². The summed E-state index contributed by atoms with van der Waals surface area (Å²) in [7, 11) is 0. The Balaban J connectivity index is 2.75. The number of anilines is 1. The summed E-state index contributed by atoms with van der Waals surface area (Å²) in [6.45, 7) is 0. The van der Waals surface area contributed by atoms with Crippen LogP contribution in [0.15, 0.2) is 22.7 Å². The standard InChI is InChI=1S/C12H15BrN2O3S/c1-19-5-4-10(12(17)18)15-11(16)7-2-3-9(14)8(13)6-7/h2-3,6,10H,4-5,14H2,1H3,(H,15,16)(H,17,18). The maximum Gasteiger partial charge on any atom is 0.326 e. The van der Waals surface area contributed by atoms with Crippen molar-refractivity contribution in [1.82, 2.24) is 5.32 Å². The number of nitrogen functional groups attached to an aromatic ring is 1. The van der Waals surface area contributed by atoms with Crippen LogP contribution in [0.2, 0.25) is 0 Å². The molecule has 0 saturated heterocycles. The summed E-state index contributed by atoms with van der Waals surface area (Å²) < 4.78 is 0.608. The van der Waals surface area contributed by atoms with Crippen LogP contribution in [0.1, 0.15) is 16.8 Å². The molecule has 1 atom stereocenters. The average molecular weight is 347 g/mol. The number of aliphatic carboxylic acids is 1. The molecule has 104 valence electrons. The monoisotopic (exact) mass is 346 g/mol. The summed E-state index contributed by atoms with van der Waals surface area (Å²) >= 11 is 4.76. The van der Waals surface area contributed by atoms with Gasteiger partial charge in [0.15, 0.2) is 0 Å². The zero-order chi connectivity index (χ0) is 14.4. The first-order chi connectivity index (χ1) is 8.95. The van der Waals surface area contributed by atoms with Crippen LogP contribution in [0, 0.1) is 0 Å². The van der Waals surface area contributed by atoms with E-state index in [0.29, 0.717) is 27.9 Å². The van der Waals surface area contributed by atoms with Gasteiger partial charge < -0.3 is 16.2 Å². The molecular formula is C12H15BrN2O3S. The van der Waals surface area contributed by atoms with Gasteiger partial charge in [0, 0.05) is 15.7 Å². The Hall–Kier alpha value is -1.21. The molecule has 0 spiro atoms. The number of halogens is 1. The number of nitrogens with one attached hydrogen (secondary N) is 1. The van der Waals surface area contributed by atoms with Crippen LogP contribution in [0.3, 0.4) is 0 Å². The molecule has 0 fully saturated rings. The number of hydrogen-bond acceptors (Lipinski definition) is 4. The highest BCUT2D eigenvalue weighted by Crippen LogP contribution is 2.20. The number of carbonyl (C=O) groups is 2. The van der Waals surface area contributed by atoms with Crippen LogP contribution in [0.5, 0.6) is 0 Å². The van der Waals surface area contributed by atoms with Crippen molar-refractivity contribution in [3.05, 3.63) is 28.2 Å². The number of benzene rings is 1. The van der Waals surface area contributed by atoms with E-state index >= 15 is 0 Å². The average Bonchev–Trinajstić information content (AvgIpc) is 2.37. The van der Waals surface area contributed by atoms with E-state index in [0.717, 1.165) is 0 Å². The predicted molar refractivity (Wildman–Crippen MR) is 80.4 cm³/mol. The van der Waals surface area contributed by atoms with E-state index in [4.69, 9.17) is 10.8 Å². The van der Waals surface area contributed by atoms with Gasteiger partial charge in [0.1, 0.15) is 6.04 Å². The number of carboxylic acids is 1. The number of hydrogen-bond donors (Lipinski definition) is 3. The second-order valence-corrected chi connectivity index (χ2v) is 5.72. The molecule has 4 N–H and O–H groups in total. The highest BCUT2D eigenvalue weighted by Gasteiger charge is 2.20. The maximum atomic E-state index is 11.9. The van der Waals surface area contributed by atoms with E-state index < -0.39 is 17.9 Å². The van der Waals surface area contributed by atoms with Gasteiger partial charge >= 0.3 is 5.97 Å². The minimum Gasteiger partial charge on any atom is -0.480 e. The topological polar surface area (TPSA) is 92.4 Å². The highest BCUT2D eigenvalue weighted by atomic mass is 79.9. The fraction of sp³-hybridized carbons (Fsp3) is 0.333. The summed E-state index contributed by atoms with van der Waals surface area (Å²) in [6, 6.07) is 3.84. The van der Waals surface area contributed by atoms with Crippen molar-refractivity contribution < 1.29 is 14.7 Å². The molecule has 1 aromatic rings. The van der Waals surface area contributed by atoms with Crippen molar-refractivity contribution in [3.8, 4) is 0 Å². The molecule has 0 radical (unpaired) electrons. The first-order valence-corrected chi connectivity index (χ1v) is 7.72. The van der Waals surface area contributed by atoms with Crippen molar-refractivity contribution in [2.24, 2.45) is 0 Å². The Labute approximate surface area is 124 Å². The van der Waals surface area contributed by atoms with Crippen LogP contribution < -0.4 is 11.1 Å². The van der Waals surface area contributed by atoms with Gasteiger partial charge in [-0.3, -0.25) is 4.79 Å². The lowest BCUT2D eigenvalue weighted by atomic mass is 10.1. The van der Waals surface area contributed by atoms with E-state index in [2.05, 4.69) is 21.2 Å². The summed E-state index contributed by atoms with van der Waals surface area (Å²) in [5, 5.41) is 11.5. The van der Waals surface area contributed by atoms with Crippen LogP contribution in [0.4, 0.5) is 5.69 Å². The fourth-order valence-corrected chi connectivity index (χ4v) is 2.25. The van der Waals surface area contributed by atoms with Gasteiger partial charge in [-0.2, -0.15) is 11.8 Å². The van der Waals surface area contributed by atoms with Gasteiger partial charge in [0.25, 0.3) is 5.91 Å². The molecule has 1 aromatic carbocycles. The number of carbonyl (C=O) groups excluding carboxylic acids is 1. The third kappa shape index (κ3) is 4.76. The molecule has 5 nitrogen and oxygen atoms in total. The first kappa shape index (κ1) is 15.8. The van der Waals surface area contributed by atoms with Gasteiger partial charge in [0.05, 0.1) is 0 Å². The molecule has 0 aliphatic heterocycles. The van der Waals surface area contributed by atoms with Crippen LogP contribution in [-0.4, -0.2) is 35.0 Å². The predicted octanol–water partition coefficient (Wildman–Crippen LogP) is 1.97. The minimum absolute atomic E-state index is 0.372. The fourth-order valence-electron chi connectivity index (χ4n) is 1.40. The van der Waals surface area contributed by atoms with Crippen LogP contribution >= 0.6 is 27.7 Å². The highest BCUT2D eigenvalue weighted by molar-refractivity contribution is 9.10. The van der Waals surface area contributed by atoms with Gasteiger partial charge in [-0.05, 0) is 52.6 Å². The molecule has 19 heavy (non-hydrogen) atoms. The van der Waals surface area contributed by atoms with Crippen molar-refractivity contribution >= 4 is 45.3 Å². The largest absolute Gasteiger partial charge is 0.480 e. The second-order valence-electron chi connectivity index (χ2n) is 3.88. The van der Waals surface area contributed by atoms with Crippen LogP contribution in [-0.2, 0) is 4.79 Å². The molecule has 7 heteroatoms.